The number of aryl methyl sites for hydroxylation is 2. The van der Waals surface area contributed by atoms with E-state index in [-0.39, 0.29) is 11.2 Å². The lowest BCUT2D eigenvalue weighted by molar-refractivity contribution is 0.560. The molecule has 19 heavy (non-hydrogen) atoms. The van der Waals surface area contributed by atoms with Crippen LogP contribution in [0.3, 0.4) is 0 Å². The normalized spacial score (nSPS) is 17.2. The Hall–Kier alpha value is -1.17. The summed E-state index contributed by atoms with van der Waals surface area (Å²) in [4.78, 5) is 8.66. The van der Waals surface area contributed by atoms with Crippen LogP contribution in [0.4, 0.5) is 5.82 Å². The molecule has 1 heterocycles. The lowest BCUT2D eigenvalue weighted by Gasteiger charge is -2.15. The summed E-state index contributed by atoms with van der Waals surface area (Å²) in [5.74, 6) is 1.80. The van der Waals surface area contributed by atoms with Gasteiger partial charge in [-0.2, -0.15) is 0 Å². The summed E-state index contributed by atoms with van der Waals surface area (Å²) in [6, 6.07) is 1.93. The van der Waals surface area contributed by atoms with Crippen LogP contribution in [-0.4, -0.2) is 36.9 Å². The number of hydrogen-bond acceptors (Lipinski definition) is 5. The van der Waals surface area contributed by atoms with Crippen molar-refractivity contribution in [3.05, 3.63) is 17.6 Å². The van der Waals surface area contributed by atoms with E-state index in [1.807, 2.05) is 13.0 Å². The highest BCUT2D eigenvalue weighted by Crippen LogP contribution is 2.46. The monoisotopic (exact) mass is 283 g/mol. The Bertz CT molecular complexity index is 565. The molecule has 1 aromatic rings. The van der Waals surface area contributed by atoms with E-state index in [9.17, 15) is 8.42 Å². The van der Waals surface area contributed by atoms with Gasteiger partial charge in [-0.3, -0.25) is 0 Å². The summed E-state index contributed by atoms with van der Waals surface area (Å²) in [6.45, 7) is 4.59. The Balaban J connectivity index is 2.01. The van der Waals surface area contributed by atoms with Gasteiger partial charge in [0, 0.05) is 30.0 Å². The van der Waals surface area contributed by atoms with Gasteiger partial charge in [-0.05, 0) is 26.2 Å². The smallest absolute Gasteiger partial charge is 0.148 e. The molecule has 0 spiro atoms. The van der Waals surface area contributed by atoms with Crippen LogP contribution in [0.15, 0.2) is 6.07 Å². The van der Waals surface area contributed by atoms with Gasteiger partial charge in [0.05, 0.1) is 5.75 Å². The molecule has 0 aromatic carbocycles. The van der Waals surface area contributed by atoms with Gasteiger partial charge in [0.2, 0.25) is 0 Å². The molecule has 1 aliphatic carbocycles. The van der Waals surface area contributed by atoms with Crippen LogP contribution >= 0.6 is 0 Å². The molecule has 2 rings (SSSR count). The molecule has 106 valence electrons. The number of anilines is 1. The predicted octanol–water partition coefficient (Wildman–Crippen LogP) is 1.58. The van der Waals surface area contributed by atoms with E-state index in [0.29, 0.717) is 6.54 Å². The second kappa shape index (κ2) is 5.07. The van der Waals surface area contributed by atoms with Crippen LogP contribution in [0.2, 0.25) is 0 Å². The SMILES string of the molecule is CCc1cc(NCC2(CS(C)(=O)=O)CC2)nc(C)n1. The van der Waals surface area contributed by atoms with Crippen LogP contribution in [0, 0.1) is 12.3 Å². The Morgan fingerprint density at radius 1 is 1.37 bits per heavy atom. The van der Waals surface area contributed by atoms with E-state index in [4.69, 9.17) is 0 Å². The van der Waals surface area contributed by atoms with Gasteiger partial charge in [-0.1, -0.05) is 6.92 Å². The van der Waals surface area contributed by atoms with Crippen molar-refractivity contribution in [2.45, 2.75) is 33.1 Å². The zero-order chi connectivity index (χ0) is 14.1. The second-order valence-electron chi connectivity index (χ2n) is 5.57. The lowest BCUT2D eigenvalue weighted by Crippen LogP contribution is -2.24. The predicted molar refractivity (Wildman–Crippen MR) is 76.0 cm³/mol. The minimum Gasteiger partial charge on any atom is -0.369 e. The molecule has 1 saturated carbocycles. The van der Waals surface area contributed by atoms with E-state index in [2.05, 4.69) is 22.2 Å². The van der Waals surface area contributed by atoms with Gasteiger partial charge in [-0.25, -0.2) is 18.4 Å². The van der Waals surface area contributed by atoms with Crippen LogP contribution in [0.25, 0.3) is 0 Å². The van der Waals surface area contributed by atoms with Gasteiger partial charge in [-0.15, -0.1) is 0 Å². The highest BCUT2D eigenvalue weighted by Gasteiger charge is 2.45. The first-order valence-corrected chi connectivity index (χ1v) is 8.64. The van der Waals surface area contributed by atoms with Crippen LogP contribution in [0.5, 0.6) is 0 Å². The van der Waals surface area contributed by atoms with Gasteiger partial charge in [0.1, 0.15) is 21.5 Å². The number of nitrogens with one attached hydrogen (secondary N) is 1. The van der Waals surface area contributed by atoms with Crippen molar-refractivity contribution in [2.75, 3.05) is 23.9 Å². The van der Waals surface area contributed by atoms with Crippen molar-refractivity contribution >= 4 is 15.7 Å². The molecular formula is C13H21N3O2S. The largest absolute Gasteiger partial charge is 0.369 e. The van der Waals surface area contributed by atoms with Crippen molar-refractivity contribution in [2.24, 2.45) is 5.41 Å². The van der Waals surface area contributed by atoms with Crippen molar-refractivity contribution in [3.8, 4) is 0 Å². The molecule has 0 unspecified atom stereocenters. The first kappa shape index (κ1) is 14.2. The van der Waals surface area contributed by atoms with Crippen molar-refractivity contribution in [1.29, 1.82) is 0 Å². The standard InChI is InChI=1S/C13H21N3O2S/c1-4-11-7-12(16-10(2)15-11)14-8-13(5-6-13)9-19(3,17)18/h7H,4-6,8-9H2,1-3H3,(H,14,15,16). The zero-order valence-corrected chi connectivity index (χ0v) is 12.5. The molecule has 0 radical (unpaired) electrons. The molecule has 0 atom stereocenters. The maximum Gasteiger partial charge on any atom is 0.148 e. The number of rotatable bonds is 6. The third kappa shape index (κ3) is 4.16. The molecule has 1 fully saturated rings. The molecule has 6 heteroatoms. The Morgan fingerprint density at radius 3 is 2.58 bits per heavy atom. The Morgan fingerprint density at radius 2 is 2.05 bits per heavy atom. The summed E-state index contributed by atoms with van der Waals surface area (Å²) < 4.78 is 22.8. The van der Waals surface area contributed by atoms with E-state index in [0.717, 1.165) is 36.6 Å². The molecule has 0 aliphatic heterocycles. The highest BCUT2D eigenvalue weighted by molar-refractivity contribution is 7.90. The minimum atomic E-state index is -2.92. The maximum absolute atomic E-state index is 11.4. The molecule has 1 N–H and O–H groups in total. The van der Waals surface area contributed by atoms with Crippen LogP contribution in [-0.2, 0) is 16.3 Å². The fourth-order valence-electron chi connectivity index (χ4n) is 2.28. The Labute approximate surface area is 114 Å². The summed E-state index contributed by atoms with van der Waals surface area (Å²) in [6.07, 6.45) is 4.11. The van der Waals surface area contributed by atoms with Gasteiger partial charge < -0.3 is 5.32 Å². The number of hydrogen-bond donors (Lipinski definition) is 1. The van der Waals surface area contributed by atoms with E-state index >= 15 is 0 Å². The number of nitrogens with zero attached hydrogens (tertiary/aromatic N) is 2. The summed E-state index contributed by atoms with van der Waals surface area (Å²) in [5, 5.41) is 3.27. The van der Waals surface area contributed by atoms with Gasteiger partial charge in [0.25, 0.3) is 0 Å². The average molecular weight is 283 g/mol. The van der Waals surface area contributed by atoms with Crippen molar-refractivity contribution in [3.63, 3.8) is 0 Å². The number of aromatic nitrogens is 2. The fourth-order valence-corrected chi connectivity index (χ4v) is 3.79. The van der Waals surface area contributed by atoms with Crippen LogP contribution < -0.4 is 5.32 Å². The fraction of sp³-hybridized carbons (Fsp3) is 0.692. The average Bonchev–Trinajstić information content (AvgIpc) is 3.03. The molecule has 5 nitrogen and oxygen atoms in total. The summed E-state index contributed by atoms with van der Waals surface area (Å²) >= 11 is 0. The van der Waals surface area contributed by atoms with Crippen molar-refractivity contribution in [1.82, 2.24) is 9.97 Å². The van der Waals surface area contributed by atoms with E-state index < -0.39 is 9.84 Å². The third-order valence-corrected chi connectivity index (χ3v) is 4.56. The van der Waals surface area contributed by atoms with Gasteiger partial charge >= 0.3 is 0 Å². The molecule has 0 bridgehead atoms. The van der Waals surface area contributed by atoms with Crippen molar-refractivity contribution < 1.29 is 8.42 Å². The quantitative estimate of drug-likeness (QED) is 0.858. The molecule has 0 saturated heterocycles. The zero-order valence-electron chi connectivity index (χ0n) is 11.7. The summed E-state index contributed by atoms with van der Waals surface area (Å²) in [5.41, 5.74) is 0.918. The first-order valence-electron chi connectivity index (χ1n) is 6.58. The topological polar surface area (TPSA) is 72.0 Å². The highest BCUT2D eigenvalue weighted by atomic mass is 32.2. The van der Waals surface area contributed by atoms with Gasteiger partial charge in [0.15, 0.2) is 0 Å². The maximum atomic E-state index is 11.4. The lowest BCUT2D eigenvalue weighted by atomic mass is 10.1. The first-order chi connectivity index (χ1) is 8.82. The molecular weight excluding hydrogens is 262 g/mol. The number of sulfone groups is 1. The summed E-state index contributed by atoms with van der Waals surface area (Å²) in [7, 11) is -2.92. The third-order valence-electron chi connectivity index (χ3n) is 3.42. The molecule has 0 amide bonds. The second-order valence-corrected chi connectivity index (χ2v) is 7.71. The van der Waals surface area contributed by atoms with Crippen LogP contribution in [0.1, 0.15) is 31.3 Å². The minimum absolute atomic E-state index is 0.0845. The van der Waals surface area contributed by atoms with E-state index in [1.54, 1.807) is 0 Å². The van der Waals surface area contributed by atoms with E-state index in [1.165, 1.54) is 6.26 Å². The molecule has 1 aliphatic rings. The molecule has 1 aromatic heterocycles. The Kier molecular flexibility index (Phi) is 3.80.